The Morgan fingerprint density at radius 3 is 2.70 bits per heavy atom. The number of para-hydroxylation sites is 1. The number of hydrogen-bond donors (Lipinski definition) is 3. The lowest BCUT2D eigenvalue weighted by molar-refractivity contribution is -0.146. The fourth-order valence-corrected chi connectivity index (χ4v) is 6.23. The highest BCUT2D eigenvalue weighted by Crippen LogP contribution is 2.65. The summed E-state index contributed by atoms with van der Waals surface area (Å²) in [5, 5.41) is 15.6. The van der Waals surface area contributed by atoms with Gasteiger partial charge >= 0.3 is 0 Å². The van der Waals surface area contributed by atoms with Gasteiger partial charge in [0, 0.05) is 19.7 Å². The molecule has 3 N–H and O–H groups in total. The Kier molecular flexibility index (Phi) is 6.46. The van der Waals surface area contributed by atoms with Crippen molar-refractivity contribution in [2.75, 3.05) is 25.0 Å². The molecule has 33 heavy (non-hydrogen) atoms. The standard InChI is InChI=1S/C24H32ClN3O5/c1-4-10-26-20(30)17-18-22(32)28(11-7-12-29)19(24(18)13-14(2)23(17,3)33-24)21(31)27-16-9-6-5-8-15(16)25/h5-6,8-9,14,17-19,29H,4,7,10-13H2,1-3H3,(H,26,30)(H,27,31)/t14?,17-,18+,19?,23+,24?/m1/s1. The lowest BCUT2D eigenvalue weighted by atomic mass is 9.62. The van der Waals surface area contributed by atoms with Gasteiger partial charge in [-0.1, -0.05) is 37.6 Å². The van der Waals surface area contributed by atoms with Gasteiger partial charge in [0.1, 0.15) is 11.6 Å². The van der Waals surface area contributed by atoms with Gasteiger partial charge in [0.2, 0.25) is 17.7 Å². The quantitative estimate of drug-likeness (QED) is 0.532. The molecule has 0 saturated carbocycles. The van der Waals surface area contributed by atoms with Crippen LogP contribution in [0.15, 0.2) is 24.3 Å². The predicted molar refractivity (Wildman–Crippen MR) is 124 cm³/mol. The molecule has 8 nitrogen and oxygen atoms in total. The van der Waals surface area contributed by atoms with Crippen LogP contribution in [0.2, 0.25) is 5.02 Å². The zero-order chi connectivity index (χ0) is 24.0. The minimum atomic E-state index is -1.11. The summed E-state index contributed by atoms with van der Waals surface area (Å²) in [7, 11) is 0. The van der Waals surface area contributed by atoms with E-state index in [0.29, 0.717) is 30.1 Å². The SMILES string of the molecule is CCCNC(=O)[C@H]1[C@H]2C(=O)N(CCCO)C(C(=O)Nc3ccccc3Cl)C23CC(C)[C@]1(C)O3. The maximum Gasteiger partial charge on any atom is 0.250 e. The van der Waals surface area contributed by atoms with Crippen molar-refractivity contribution in [3.63, 3.8) is 0 Å². The largest absolute Gasteiger partial charge is 0.396 e. The molecule has 1 aromatic carbocycles. The Labute approximate surface area is 199 Å². The molecule has 0 radical (unpaired) electrons. The summed E-state index contributed by atoms with van der Waals surface area (Å²) in [5.41, 5.74) is -1.51. The molecule has 3 amide bonds. The van der Waals surface area contributed by atoms with E-state index in [9.17, 15) is 19.5 Å². The second-order valence-electron chi connectivity index (χ2n) is 9.57. The van der Waals surface area contributed by atoms with Gasteiger partial charge in [0.05, 0.1) is 28.1 Å². The number of halogens is 1. The van der Waals surface area contributed by atoms with Gasteiger partial charge in [0.25, 0.3) is 0 Å². The van der Waals surface area contributed by atoms with E-state index < -0.39 is 35.0 Å². The molecule has 180 valence electrons. The number of rotatable bonds is 8. The maximum absolute atomic E-state index is 13.7. The number of nitrogens with one attached hydrogen (secondary N) is 2. The number of anilines is 1. The van der Waals surface area contributed by atoms with Crippen LogP contribution in [0.5, 0.6) is 0 Å². The summed E-state index contributed by atoms with van der Waals surface area (Å²) >= 11 is 6.26. The van der Waals surface area contributed by atoms with E-state index in [0.717, 1.165) is 6.42 Å². The predicted octanol–water partition coefficient (Wildman–Crippen LogP) is 2.20. The summed E-state index contributed by atoms with van der Waals surface area (Å²) in [4.78, 5) is 42.1. The first-order valence-corrected chi connectivity index (χ1v) is 12.0. The minimum Gasteiger partial charge on any atom is -0.396 e. The number of hydrogen-bond acceptors (Lipinski definition) is 5. The third-order valence-corrected chi connectivity index (χ3v) is 7.91. The molecule has 3 aliphatic rings. The molecule has 3 heterocycles. The number of aliphatic hydroxyl groups excluding tert-OH is 1. The van der Waals surface area contributed by atoms with Gasteiger partial charge in [-0.3, -0.25) is 14.4 Å². The van der Waals surface area contributed by atoms with Crippen molar-refractivity contribution in [1.82, 2.24) is 10.2 Å². The number of ether oxygens (including phenoxy) is 1. The van der Waals surface area contributed by atoms with E-state index in [-0.39, 0.29) is 30.9 Å². The summed E-state index contributed by atoms with van der Waals surface area (Å²) in [6, 6.07) is 5.98. The van der Waals surface area contributed by atoms with Gasteiger partial charge < -0.3 is 25.4 Å². The van der Waals surface area contributed by atoms with Crippen molar-refractivity contribution in [2.45, 2.75) is 57.3 Å². The molecule has 3 saturated heterocycles. The van der Waals surface area contributed by atoms with Gasteiger partial charge in [-0.25, -0.2) is 0 Å². The Bertz CT molecular complexity index is 958. The molecular formula is C24H32ClN3O5. The van der Waals surface area contributed by atoms with Crippen molar-refractivity contribution in [3.8, 4) is 0 Å². The number of amides is 3. The topological polar surface area (TPSA) is 108 Å². The summed E-state index contributed by atoms with van der Waals surface area (Å²) in [6.07, 6.45) is 1.60. The van der Waals surface area contributed by atoms with Crippen LogP contribution in [0.25, 0.3) is 0 Å². The number of fused-ring (bicyclic) bond motifs is 1. The number of nitrogens with zero attached hydrogens (tertiary/aromatic N) is 1. The molecule has 9 heteroatoms. The van der Waals surface area contributed by atoms with Crippen LogP contribution in [-0.4, -0.2) is 64.7 Å². The lowest BCUT2D eigenvalue weighted by Crippen LogP contribution is -2.54. The van der Waals surface area contributed by atoms with Crippen LogP contribution in [0.3, 0.4) is 0 Å². The molecule has 6 atom stereocenters. The number of benzene rings is 1. The molecule has 1 spiro atoms. The van der Waals surface area contributed by atoms with Crippen LogP contribution in [0.1, 0.15) is 40.0 Å². The van der Waals surface area contributed by atoms with Gasteiger partial charge in [0.15, 0.2) is 0 Å². The molecule has 0 aromatic heterocycles. The molecular weight excluding hydrogens is 446 g/mol. The fourth-order valence-electron chi connectivity index (χ4n) is 6.04. The molecule has 0 aliphatic carbocycles. The summed E-state index contributed by atoms with van der Waals surface area (Å²) in [6.45, 7) is 6.46. The van der Waals surface area contributed by atoms with Crippen LogP contribution < -0.4 is 10.6 Å². The van der Waals surface area contributed by atoms with Crippen molar-refractivity contribution in [3.05, 3.63) is 29.3 Å². The van der Waals surface area contributed by atoms with Gasteiger partial charge in [-0.05, 0) is 44.2 Å². The van der Waals surface area contributed by atoms with Crippen molar-refractivity contribution in [1.29, 1.82) is 0 Å². The van der Waals surface area contributed by atoms with Gasteiger partial charge in [-0.15, -0.1) is 0 Å². The van der Waals surface area contributed by atoms with E-state index in [2.05, 4.69) is 10.6 Å². The van der Waals surface area contributed by atoms with E-state index in [1.165, 1.54) is 4.90 Å². The van der Waals surface area contributed by atoms with Crippen LogP contribution in [-0.2, 0) is 19.1 Å². The van der Waals surface area contributed by atoms with Crippen LogP contribution >= 0.6 is 11.6 Å². The Morgan fingerprint density at radius 2 is 2.03 bits per heavy atom. The number of likely N-dealkylation sites (tertiary alicyclic amines) is 1. The molecule has 3 aliphatic heterocycles. The second kappa shape index (κ2) is 8.89. The first-order chi connectivity index (χ1) is 15.7. The molecule has 3 unspecified atom stereocenters. The van der Waals surface area contributed by atoms with Crippen LogP contribution in [0.4, 0.5) is 5.69 Å². The third kappa shape index (κ3) is 3.63. The Hall–Kier alpha value is -2.16. The Morgan fingerprint density at radius 1 is 1.30 bits per heavy atom. The maximum atomic E-state index is 13.7. The average Bonchev–Trinajstić information content (AvgIpc) is 3.29. The molecule has 2 bridgehead atoms. The lowest BCUT2D eigenvalue weighted by Gasteiger charge is -2.36. The molecule has 1 aromatic rings. The van der Waals surface area contributed by atoms with Crippen molar-refractivity contribution < 1.29 is 24.2 Å². The van der Waals surface area contributed by atoms with Gasteiger partial charge in [-0.2, -0.15) is 0 Å². The van der Waals surface area contributed by atoms with E-state index in [1.54, 1.807) is 24.3 Å². The number of aliphatic hydroxyl groups is 1. The van der Waals surface area contributed by atoms with E-state index in [1.807, 2.05) is 20.8 Å². The number of carbonyl (C=O) groups excluding carboxylic acids is 3. The van der Waals surface area contributed by atoms with E-state index in [4.69, 9.17) is 16.3 Å². The second-order valence-corrected chi connectivity index (χ2v) is 9.98. The fraction of sp³-hybridized carbons (Fsp3) is 0.625. The van der Waals surface area contributed by atoms with E-state index >= 15 is 0 Å². The minimum absolute atomic E-state index is 0.0210. The first-order valence-electron chi connectivity index (χ1n) is 11.7. The summed E-state index contributed by atoms with van der Waals surface area (Å²) < 4.78 is 6.60. The monoisotopic (exact) mass is 477 g/mol. The molecule has 4 rings (SSSR count). The zero-order valence-electron chi connectivity index (χ0n) is 19.3. The Balaban J connectivity index is 1.74. The summed E-state index contributed by atoms with van der Waals surface area (Å²) in [5.74, 6) is -2.34. The molecule has 3 fully saturated rings. The average molecular weight is 478 g/mol. The highest BCUT2D eigenvalue weighted by Gasteiger charge is 2.79. The highest BCUT2D eigenvalue weighted by atomic mass is 35.5. The normalized spacial score (nSPS) is 34.5. The third-order valence-electron chi connectivity index (χ3n) is 7.58. The van der Waals surface area contributed by atoms with Crippen LogP contribution in [0, 0.1) is 17.8 Å². The highest BCUT2D eigenvalue weighted by molar-refractivity contribution is 6.33. The number of carbonyl (C=O) groups is 3. The van der Waals surface area contributed by atoms with Crippen molar-refractivity contribution in [2.24, 2.45) is 17.8 Å². The first kappa shape index (κ1) is 24.0. The smallest absolute Gasteiger partial charge is 0.250 e. The zero-order valence-corrected chi connectivity index (χ0v) is 20.0. The van der Waals surface area contributed by atoms with Crippen molar-refractivity contribution >= 4 is 35.0 Å².